The maximum Gasteiger partial charge on any atom is 0.125 e. The van der Waals surface area contributed by atoms with Gasteiger partial charge in [0.2, 0.25) is 0 Å². The molecule has 0 aliphatic rings. The number of hydrogen-bond donors (Lipinski definition) is 1. The number of aliphatic hydroxyl groups is 1. The predicted octanol–water partition coefficient (Wildman–Crippen LogP) is 2.75. The first-order chi connectivity index (χ1) is 6.81. The van der Waals surface area contributed by atoms with Crippen molar-refractivity contribution in [1.82, 2.24) is 0 Å². The fourth-order valence-corrected chi connectivity index (χ4v) is 1.38. The third-order valence-electron chi connectivity index (χ3n) is 2.35. The second-order valence-electron chi connectivity index (χ2n) is 3.32. The smallest absolute Gasteiger partial charge is 0.125 e. The van der Waals surface area contributed by atoms with Crippen LogP contribution in [-0.4, -0.2) is 11.2 Å². The SMILES string of the molecule is CCC(CC)Oc1ccccc1CO. The van der Waals surface area contributed by atoms with Gasteiger partial charge in [-0.05, 0) is 18.9 Å². The van der Waals surface area contributed by atoms with Gasteiger partial charge in [-0.3, -0.25) is 0 Å². The fraction of sp³-hybridized carbons (Fsp3) is 0.500. The number of hydrogen-bond acceptors (Lipinski definition) is 2. The van der Waals surface area contributed by atoms with Gasteiger partial charge in [-0.15, -0.1) is 0 Å². The van der Waals surface area contributed by atoms with E-state index >= 15 is 0 Å². The van der Waals surface area contributed by atoms with E-state index < -0.39 is 0 Å². The zero-order chi connectivity index (χ0) is 10.4. The lowest BCUT2D eigenvalue weighted by molar-refractivity contribution is 0.184. The summed E-state index contributed by atoms with van der Waals surface area (Å²) in [6.07, 6.45) is 2.25. The van der Waals surface area contributed by atoms with Gasteiger partial charge in [-0.1, -0.05) is 32.0 Å². The Morgan fingerprint density at radius 2 is 1.86 bits per heavy atom. The summed E-state index contributed by atoms with van der Waals surface area (Å²) in [6.45, 7) is 4.25. The lowest BCUT2D eigenvalue weighted by Crippen LogP contribution is -2.14. The third kappa shape index (κ3) is 2.74. The van der Waals surface area contributed by atoms with Crippen LogP contribution in [-0.2, 0) is 6.61 Å². The molecule has 0 fully saturated rings. The number of aliphatic hydroxyl groups excluding tert-OH is 1. The molecule has 78 valence electrons. The van der Waals surface area contributed by atoms with Gasteiger partial charge < -0.3 is 9.84 Å². The lowest BCUT2D eigenvalue weighted by Gasteiger charge is -2.17. The molecule has 2 heteroatoms. The molecule has 0 heterocycles. The molecule has 0 saturated heterocycles. The van der Waals surface area contributed by atoms with Gasteiger partial charge in [0.05, 0.1) is 12.7 Å². The highest BCUT2D eigenvalue weighted by Gasteiger charge is 2.07. The Balaban J connectivity index is 2.74. The Labute approximate surface area is 85.5 Å². The topological polar surface area (TPSA) is 29.5 Å². The van der Waals surface area contributed by atoms with Crippen molar-refractivity contribution in [2.24, 2.45) is 0 Å². The molecule has 1 rings (SSSR count). The predicted molar refractivity (Wildman–Crippen MR) is 57.4 cm³/mol. The molecular formula is C12H18O2. The highest BCUT2D eigenvalue weighted by Crippen LogP contribution is 2.20. The molecule has 0 bridgehead atoms. The van der Waals surface area contributed by atoms with E-state index in [1.54, 1.807) is 0 Å². The molecular weight excluding hydrogens is 176 g/mol. The average Bonchev–Trinajstić information content (AvgIpc) is 2.26. The Morgan fingerprint density at radius 1 is 1.21 bits per heavy atom. The summed E-state index contributed by atoms with van der Waals surface area (Å²) in [4.78, 5) is 0. The van der Waals surface area contributed by atoms with Crippen LogP contribution in [0.2, 0.25) is 0 Å². The van der Waals surface area contributed by atoms with Crippen LogP contribution >= 0.6 is 0 Å². The summed E-state index contributed by atoms with van der Waals surface area (Å²) in [5.41, 5.74) is 0.861. The first kappa shape index (κ1) is 11.1. The van der Waals surface area contributed by atoms with Crippen molar-refractivity contribution in [1.29, 1.82) is 0 Å². The maximum absolute atomic E-state index is 9.10. The molecule has 0 aromatic heterocycles. The molecule has 14 heavy (non-hydrogen) atoms. The molecule has 0 amide bonds. The van der Waals surface area contributed by atoms with E-state index in [2.05, 4.69) is 13.8 Å². The quantitative estimate of drug-likeness (QED) is 0.781. The molecule has 0 atom stereocenters. The number of ether oxygens (including phenoxy) is 1. The molecule has 1 aromatic carbocycles. The van der Waals surface area contributed by atoms with Crippen molar-refractivity contribution in [3.63, 3.8) is 0 Å². The van der Waals surface area contributed by atoms with Gasteiger partial charge in [-0.2, -0.15) is 0 Å². The van der Waals surface area contributed by atoms with Crippen LogP contribution in [0.4, 0.5) is 0 Å². The molecule has 0 aliphatic carbocycles. The Morgan fingerprint density at radius 3 is 2.43 bits per heavy atom. The molecule has 0 radical (unpaired) electrons. The zero-order valence-corrected chi connectivity index (χ0v) is 8.86. The second-order valence-corrected chi connectivity index (χ2v) is 3.32. The van der Waals surface area contributed by atoms with E-state index in [1.807, 2.05) is 24.3 Å². The minimum absolute atomic E-state index is 0.0380. The van der Waals surface area contributed by atoms with Crippen LogP contribution in [0.1, 0.15) is 32.3 Å². The average molecular weight is 194 g/mol. The summed E-state index contributed by atoms with van der Waals surface area (Å²) in [5, 5.41) is 9.10. The van der Waals surface area contributed by atoms with Gasteiger partial charge in [0.25, 0.3) is 0 Å². The van der Waals surface area contributed by atoms with Crippen LogP contribution in [0.15, 0.2) is 24.3 Å². The Bertz CT molecular complexity index is 267. The summed E-state index contributed by atoms with van der Waals surface area (Å²) in [6, 6.07) is 7.63. The lowest BCUT2D eigenvalue weighted by atomic mass is 10.2. The minimum atomic E-state index is 0.0380. The molecule has 0 aliphatic heterocycles. The van der Waals surface area contributed by atoms with Gasteiger partial charge in [-0.25, -0.2) is 0 Å². The van der Waals surface area contributed by atoms with E-state index in [0.717, 1.165) is 24.2 Å². The van der Waals surface area contributed by atoms with Crippen molar-refractivity contribution >= 4 is 0 Å². The van der Waals surface area contributed by atoms with Gasteiger partial charge in [0, 0.05) is 5.56 Å². The van der Waals surface area contributed by atoms with E-state index in [-0.39, 0.29) is 12.7 Å². The molecule has 0 spiro atoms. The van der Waals surface area contributed by atoms with Crippen LogP contribution < -0.4 is 4.74 Å². The first-order valence-electron chi connectivity index (χ1n) is 5.17. The van der Waals surface area contributed by atoms with E-state index in [9.17, 15) is 0 Å². The van der Waals surface area contributed by atoms with E-state index in [0.29, 0.717) is 0 Å². The monoisotopic (exact) mass is 194 g/mol. The Kier molecular flexibility index (Phi) is 4.47. The molecule has 1 aromatic rings. The second kappa shape index (κ2) is 5.66. The number of benzene rings is 1. The molecule has 1 N–H and O–H groups in total. The van der Waals surface area contributed by atoms with Crippen LogP contribution in [0.3, 0.4) is 0 Å². The summed E-state index contributed by atoms with van der Waals surface area (Å²) in [5.74, 6) is 0.809. The molecule has 0 unspecified atom stereocenters. The Hall–Kier alpha value is -1.02. The van der Waals surface area contributed by atoms with Crippen molar-refractivity contribution in [3.8, 4) is 5.75 Å². The highest BCUT2D eigenvalue weighted by atomic mass is 16.5. The van der Waals surface area contributed by atoms with E-state index in [1.165, 1.54) is 0 Å². The third-order valence-corrected chi connectivity index (χ3v) is 2.35. The maximum atomic E-state index is 9.10. The highest BCUT2D eigenvalue weighted by molar-refractivity contribution is 5.32. The van der Waals surface area contributed by atoms with Crippen molar-refractivity contribution < 1.29 is 9.84 Å². The molecule has 2 nitrogen and oxygen atoms in total. The number of para-hydroxylation sites is 1. The summed E-state index contributed by atoms with van der Waals surface area (Å²) >= 11 is 0. The van der Waals surface area contributed by atoms with Gasteiger partial charge >= 0.3 is 0 Å². The summed E-state index contributed by atoms with van der Waals surface area (Å²) in [7, 11) is 0. The van der Waals surface area contributed by atoms with Gasteiger partial charge in [0.1, 0.15) is 5.75 Å². The number of rotatable bonds is 5. The molecule has 0 saturated carbocycles. The minimum Gasteiger partial charge on any atom is -0.490 e. The zero-order valence-electron chi connectivity index (χ0n) is 8.86. The first-order valence-corrected chi connectivity index (χ1v) is 5.17. The van der Waals surface area contributed by atoms with Crippen molar-refractivity contribution in [2.45, 2.75) is 39.4 Å². The largest absolute Gasteiger partial charge is 0.490 e. The van der Waals surface area contributed by atoms with Gasteiger partial charge in [0.15, 0.2) is 0 Å². The van der Waals surface area contributed by atoms with E-state index in [4.69, 9.17) is 9.84 Å². The summed E-state index contributed by atoms with van der Waals surface area (Å²) < 4.78 is 5.77. The van der Waals surface area contributed by atoms with Crippen molar-refractivity contribution in [2.75, 3.05) is 0 Å². The van der Waals surface area contributed by atoms with Crippen LogP contribution in [0.5, 0.6) is 5.75 Å². The normalized spacial score (nSPS) is 10.6. The van der Waals surface area contributed by atoms with Crippen LogP contribution in [0.25, 0.3) is 0 Å². The fourth-order valence-electron chi connectivity index (χ4n) is 1.38. The van der Waals surface area contributed by atoms with Crippen molar-refractivity contribution in [3.05, 3.63) is 29.8 Å². The van der Waals surface area contributed by atoms with Crippen LogP contribution in [0, 0.1) is 0 Å². The standard InChI is InChI=1S/C12H18O2/c1-3-11(4-2)14-12-8-6-5-7-10(12)9-13/h5-8,11,13H,3-4,9H2,1-2H3.